The van der Waals surface area contributed by atoms with E-state index in [4.69, 9.17) is 18.9 Å². The number of nitrogens with one attached hydrogen (secondary N) is 1. The van der Waals surface area contributed by atoms with E-state index in [2.05, 4.69) is 200 Å². The lowest BCUT2D eigenvalue weighted by molar-refractivity contribution is -0.192. The monoisotopic (exact) mass is 1270 g/mol. The molecule has 93 heavy (non-hydrogen) atoms. The number of aromatic nitrogens is 3. The van der Waals surface area contributed by atoms with Gasteiger partial charge in [-0.3, -0.25) is 0 Å². The molecule has 6 heterocycles. The van der Waals surface area contributed by atoms with Gasteiger partial charge in [0.05, 0.1) is 47.5 Å². The molecule has 3 aliphatic rings. The van der Waals surface area contributed by atoms with Crippen LogP contribution in [0.1, 0.15) is 148 Å². The average molecular weight is 1270 g/mol. The number of benzene rings is 3. The van der Waals surface area contributed by atoms with Crippen LogP contribution in [0, 0.1) is 0 Å². The lowest BCUT2D eigenvalue weighted by Gasteiger charge is -2.36. The van der Waals surface area contributed by atoms with Crippen molar-refractivity contribution in [2.75, 3.05) is 82.9 Å². The molecule has 4 N–H and O–H groups in total. The van der Waals surface area contributed by atoms with Crippen LogP contribution in [0.2, 0.25) is 0 Å². The fraction of sp³-hybridized carbons (Fsp3) is 0.442. The van der Waals surface area contributed by atoms with Gasteiger partial charge in [0.15, 0.2) is 0 Å². The molecule has 1 atom stereocenters. The molecule has 0 radical (unpaired) electrons. The molecule has 1 saturated heterocycles. The van der Waals surface area contributed by atoms with Crippen LogP contribution in [-0.2, 0) is 15.9 Å². The Morgan fingerprint density at radius 2 is 0.882 bits per heavy atom. The fourth-order valence-electron chi connectivity index (χ4n) is 11.8. The first-order valence-corrected chi connectivity index (χ1v) is 32.6. The van der Waals surface area contributed by atoms with Crippen LogP contribution in [0.25, 0.3) is 36.5 Å². The van der Waals surface area contributed by atoms with E-state index in [-0.39, 0.29) is 28.2 Å². The summed E-state index contributed by atoms with van der Waals surface area (Å²) in [5, 5.41) is 39.2. The number of nitrogens with zero attached hydrogens (tertiary/aromatic N) is 8. The highest BCUT2D eigenvalue weighted by atomic mass is 16.5. The molecule has 0 bridgehead atoms. The molecule has 6 aromatic rings. The van der Waals surface area contributed by atoms with Gasteiger partial charge < -0.3 is 49.7 Å². The summed E-state index contributed by atoms with van der Waals surface area (Å²) in [7, 11) is 8.14. The molecule has 3 aliphatic heterocycles. The minimum absolute atomic E-state index is 0.122. The Morgan fingerprint density at radius 3 is 1.28 bits per heavy atom. The van der Waals surface area contributed by atoms with Crippen molar-refractivity contribution >= 4 is 53.6 Å². The van der Waals surface area contributed by atoms with E-state index in [0.29, 0.717) is 44.8 Å². The third-order valence-corrected chi connectivity index (χ3v) is 17.5. The van der Waals surface area contributed by atoms with Crippen molar-refractivity contribution in [2.45, 2.75) is 155 Å². The minimum atomic E-state index is -0.464. The summed E-state index contributed by atoms with van der Waals surface area (Å²) in [5.41, 5.74) is 10.3. The summed E-state index contributed by atoms with van der Waals surface area (Å²) in [6, 6.07) is 37.4. The molecule has 500 valence electrons. The van der Waals surface area contributed by atoms with E-state index in [1.807, 2.05) is 119 Å². The number of rotatable bonds is 25. The van der Waals surface area contributed by atoms with Gasteiger partial charge in [-0.05, 0) is 202 Å². The largest absolute Gasteiger partial charge is 0.475 e. The van der Waals surface area contributed by atoms with Crippen LogP contribution in [0.5, 0.6) is 11.8 Å². The zero-order chi connectivity index (χ0) is 67.8. The van der Waals surface area contributed by atoms with Gasteiger partial charge >= 0.3 is 0 Å². The zero-order valence-electron chi connectivity index (χ0n) is 58.4. The van der Waals surface area contributed by atoms with E-state index in [1.54, 1.807) is 6.20 Å². The Hall–Kier alpha value is -7.51. The maximum Gasteiger partial charge on any atom is 0.213 e. The Morgan fingerprint density at radius 1 is 0.473 bits per heavy atom. The fourth-order valence-corrected chi connectivity index (χ4v) is 11.8. The van der Waals surface area contributed by atoms with Crippen molar-refractivity contribution in [3.8, 4) is 11.8 Å². The second kappa shape index (κ2) is 32.1. The predicted molar refractivity (Wildman–Crippen MR) is 382 cm³/mol. The predicted octanol–water partition coefficient (Wildman–Crippen LogP) is 15.8. The molecule has 0 aliphatic carbocycles. The molecule has 16 nitrogen and oxygen atoms in total. The van der Waals surface area contributed by atoms with Crippen molar-refractivity contribution in [3.63, 3.8) is 0 Å². The molecule has 16 heteroatoms. The number of ether oxygens (including phenoxy) is 4. The van der Waals surface area contributed by atoms with Crippen molar-refractivity contribution in [2.24, 2.45) is 0 Å². The van der Waals surface area contributed by atoms with Crippen LogP contribution >= 0.6 is 0 Å². The van der Waals surface area contributed by atoms with E-state index in [0.717, 1.165) is 77.1 Å². The Labute approximate surface area is 555 Å². The molecular formula is C77H105N9O7. The molecule has 3 aromatic heterocycles. The van der Waals surface area contributed by atoms with Gasteiger partial charge in [0.1, 0.15) is 19.0 Å². The van der Waals surface area contributed by atoms with Crippen LogP contribution < -0.4 is 24.6 Å². The Bertz CT molecular complexity index is 3440. The highest BCUT2D eigenvalue weighted by Gasteiger charge is 2.51. The quantitative estimate of drug-likeness (QED) is 0.0316. The maximum atomic E-state index is 10.5. The summed E-state index contributed by atoms with van der Waals surface area (Å²) in [6.07, 6.45) is 25.9. The van der Waals surface area contributed by atoms with Gasteiger partial charge in [-0.1, -0.05) is 110 Å². The first-order chi connectivity index (χ1) is 43.9. The third-order valence-electron chi connectivity index (χ3n) is 17.5. The van der Waals surface area contributed by atoms with Crippen molar-refractivity contribution < 1.29 is 34.6 Å². The second-order valence-corrected chi connectivity index (χ2v) is 28.0. The number of hydrogen-bond acceptors (Lipinski definition) is 16. The molecule has 0 amide bonds. The van der Waals surface area contributed by atoms with Crippen molar-refractivity contribution in [3.05, 3.63) is 190 Å². The summed E-state index contributed by atoms with van der Waals surface area (Å²) >= 11 is 0. The summed E-state index contributed by atoms with van der Waals surface area (Å²) in [6.45, 7) is 29.9. The van der Waals surface area contributed by atoms with Gasteiger partial charge in [-0.2, -0.15) is 15.2 Å². The van der Waals surface area contributed by atoms with Gasteiger partial charge in [0.25, 0.3) is 0 Å². The lowest BCUT2D eigenvalue weighted by atomic mass is 9.91. The smallest absolute Gasteiger partial charge is 0.213 e. The number of pyridine rings is 3. The Kier molecular flexibility index (Phi) is 25.2. The van der Waals surface area contributed by atoms with Gasteiger partial charge in [-0.15, -0.1) is 0 Å². The topological polar surface area (TPSA) is 165 Å². The standard InChI is InChI=1S/C30H42N2O4.C24H31N3O2.C23H32N4O/c1-6-17-34-18-19-35-20-21-36-28-16-14-26(23-31-28)12-11-24-7-9-25(10-8-24)13-15-27-22-29(2,3)32(33)30(27,4)5;1-23(2)15-20(24(3,4)27(23)28)17-29-22-14-11-19(16-25-22)8-7-18-9-12-21(13-10-18)26(5)6;1-22(2)15-20(23(3,4)27(22)28)25-21-14-11-18(16-24-21)8-7-17-9-12-19(13-10-17)26(5)6/h7-12,14,16,22-23,33H,6,13,15,17-21H2,1-5H3;7-16,28H,17H2,1-6H3;7-14,16,20,28H,15H2,1-6H3,(H,24,25)/b12-11+;2*8-7+. The molecule has 9 rings (SSSR count). The number of hydrogen-bond donors (Lipinski definition) is 4. The second-order valence-electron chi connectivity index (χ2n) is 28.0. The molecule has 3 aromatic carbocycles. The highest BCUT2D eigenvalue weighted by molar-refractivity contribution is 5.72. The van der Waals surface area contributed by atoms with E-state index >= 15 is 0 Å². The summed E-state index contributed by atoms with van der Waals surface area (Å²) in [5.74, 6) is 2.00. The van der Waals surface area contributed by atoms with Crippen LogP contribution in [-0.4, -0.2) is 153 Å². The van der Waals surface area contributed by atoms with Crippen molar-refractivity contribution in [1.82, 2.24) is 30.1 Å². The number of hydroxylamine groups is 6. The lowest BCUT2D eigenvalue weighted by Crippen LogP contribution is -2.50. The SMILES string of the molecule is CCCOCCOCCOc1ccc(/C=C/c2ccc(CCC3=CC(C)(C)N(O)C3(C)C)cc2)cn1.CN(C)c1ccc(/C=C/c2ccc(NC3CC(C)(C)N(O)C3(C)C)nc2)cc1.CN(C)c1ccc(/C=C/c2ccc(OCC3=CC(C)(C)N(O)C3(C)C)nc2)cc1. The van der Waals surface area contributed by atoms with Gasteiger partial charge in [0, 0.05) is 88.5 Å². The third kappa shape index (κ3) is 20.3. The molecule has 1 unspecified atom stereocenters. The van der Waals surface area contributed by atoms with Crippen molar-refractivity contribution in [1.29, 1.82) is 0 Å². The van der Waals surface area contributed by atoms with Crippen LogP contribution in [0.3, 0.4) is 0 Å². The first kappa shape index (κ1) is 72.9. The van der Waals surface area contributed by atoms with Gasteiger partial charge in [0.2, 0.25) is 11.8 Å². The molecule has 0 saturated carbocycles. The van der Waals surface area contributed by atoms with Gasteiger partial charge in [-0.25, -0.2) is 15.0 Å². The van der Waals surface area contributed by atoms with Crippen LogP contribution in [0.15, 0.2) is 151 Å². The van der Waals surface area contributed by atoms with E-state index in [1.165, 1.54) is 37.7 Å². The normalized spacial score (nSPS) is 18.6. The highest BCUT2D eigenvalue weighted by Crippen LogP contribution is 2.42. The number of aryl methyl sites for hydroxylation is 1. The average Bonchev–Trinajstić information content (AvgIpc) is 1.64. The maximum absolute atomic E-state index is 10.5. The van der Waals surface area contributed by atoms with E-state index in [9.17, 15) is 15.6 Å². The number of anilines is 3. The molecular weight excluding hydrogens is 1160 g/mol. The molecule has 1 fully saturated rings. The minimum Gasteiger partial charge on any atom is -0.475 e. The Balaban J connectivity index is 0.000000200. The van der Waals surface area contributed by atoms with E-state index < -0.39 is 11.1 Å². The zero-order valence-corrected chi connectivity index (χ0v) is 58.4. The van der Waals surface area contributed by atoms with Crippen LogP contribution in [0.4, 0.5) is 17.2 Å². The summed E-state index contributed by atoms with van der Waals surface area (Å²) in [4.78, 5) is 17.5. The first-order valence-electron chi connectivity index (χ1n) is 32.6. The summed E-state index contributed by atoms with van der Waals surface area (Å²) < 4.78 is 22.4. The molecule has 0 spiro atoms.